The molecule has 2 unspecified atom stereocenters. The molecule has 1 aliphatic carbocycles. The fourth-order valence-electron chi connectivity index (χ4n) is 3.75. The van der Waals surface area contributed by atoms with Crippen LogP contribution in [0.1, 0.15) is 52.4 Å². The van der Waals surface area contributed by atoms with Crippen molar-refractivity contribution >= 4 is 12.0 Å². The summed E-state index contributed by atoms with van der Waals surface area (Å²) in [5.74, 6) is 0.610. The van der Waals surface area contributed by atoms with E-state index in [-0.39, 0.29) is 18.5 Å². The van der Waals surface area contributed by atoms with Gasteiger partial charge in [-0.1, -0.05) is 19.3 Å². The molecule has 5 nitrogen and oxygen atoms in total. The number of carboxylic acid groups (broad SMARTS) is 1. The number of hydrogen-bond donors (Lipinski definition) is 1. The molecule has 120 valence electrons. The van der Waals surface area contributed by atoms with Crippen LogP contribution in [0.3, 0.4) is 0 Å². The first-order valence-electron chi connectivity index (χ1n) is 8.26. The Bertz CT molecular complexity index is 384. The van der Waals surface area contributed by atoms with Gasteiger partial charge < -0.3 is 14.9 Å². The van der Waals surface area contributed by atoms with E-state index in [1.54, 1.807) is 4.90 Å². The maximum atomic E-state index is 12.7. The van der Waals surface area contributed by atoms with E-state index in [0.717, 1.165) is 25.4 Å². The van der Waals surface area contributed by atoms with E-state index >= 15 is 0 Å². The standard InChI is InChI=1S/C16H28N2O3/c1-12(2)18(10-8-15(19)20)16(21)17-9-7-13-5-3-4-6-14(13)11-17/h12-14H,3-11H2,1-2H3,(H,19,20). The topological polar surface area (TPSA) is 60.9 Å². The van der Waals surface area contributed by atoms with E-state index in [1.807, 2.05) is 18.7 Å². The van der Waals surface area contributed by atoms with Gasteiger partial charge in [0.2, 0.25) is 0 Å². The van der Waals surface area contributed by atoms with Crippen LogP contribution >= 0.6 is 0 Å². The van der Waals surface area contributed by atoms with Crippen molar-refractivity contribution in [3.63, 3.8) is 0 Å². The molecule has 0 spiro atoms. The van der Waals surface area contributed by atoms with E-state index in [1.165, 1.54) is 25.7 Å². The minimum Gasteiger partial charge on any atom is -0.481 e. The monoisotopic (exact) mass is 296 g/mol. The molecule has 2 amide bonds. The average molecular weight is 296 g/mol. The van der Waals surface area contributed by atoms with Crippen LogP contribution in [0, 0.1) is 11.8 Å². The van der Waals surface area contributed by atoms with E-state index < -0.39 is 5.97 Å². The SMILES string of the molecule is CC(C)N(CCC(=O)O)C(=O)N1CCC2CCCCC2C1. The zero-order valence-corrected chi connectivity index (χ0v) is 13.3. The molecule has 0 bridgehead atoms. The van der Waals surface area contributed by atoms with E-state index in [4.69, 9.17) is 5.11 Å². The number of carbonyl (C=O) groups is 2. The Balaban J connectivity index is 1.95. The number of nitrogens with zero attached hydrogens (tertiary/aromatic N) is 2. The van der Waals surface area contributed by atoms with Crippen LogP contribution in [0.25, 0.3) is 0 Å². The Morgan fingerprint density at radius 1 is 1.19 bits per heavy atom. The third kappa shape index (κ3) is 4.11. The molecule has 0 aromatic rings. The second-order valence-corrected chi connectivity index (χ2v) is 6.75. The molecule has 1 N–H and O–H groups in total. The molecular weight excluding hydrogens is 268 g/mol. The number of carbonyl (C=O) groups excluding carboxylic acids is 1. The van der Waals surface area contributed by atoms with Crippen molar-refractivity contribution in [2.75, 3.05) is 19.6 Å². The van der Waals surface area contributed by atoms with Crippen LogP contribution < -0.4 is 0 Å². The first-order valence-corrected chi connectivity index (χ1v) is 8.26. The number of carboxylic acids is 1. The van der Waals surface area contributed by atoms with Gasteiger partial charge in [-0.25, -0.2) is 4.79 Å². The second-order valence-electron chi connectivity index (χ2n) is 6.75. The van der Waals surface area contributed by atoms with E-state index in [9.17, 15) is 9.59 Å². The van der Waals surface area contributed by atoms with E-state index in [0.29, 0.717) is 12.5 Å². The predicted molar refractivity (Wildman–Crippen MR) is 81.1 cm³/mol. The van der Waals surface area contributed by atoms with Crippen molar-refractivity contribution in [2.24, 2.45) is 11.8 Å². The zero-order chi connectivity index (χ0) is 15.4. The third-order valence-electron chi connectivity index (χ3n) is 5.00. The minimum absolute atomic E-state index is 0.0177. The molecule has 21 heavy (non-hydrogen) atoms. The number of hydrogen-bond acceptors (Lipinski definition) is 2. The van der Waals surface area contributed by atoms with Crippen LogP contribution in [0.2, 0.25) is 0 Å². The number of piperidine rings is 1. The summed E-state index contributed by atoms with van der Waals surface area (Å²) in [5.41, 5.74) is 0. The molecule has 0 aromatic carbocycles. The molecule has 2 rings (SSSR count). The average Bonchev–Trinajstić information content (AvgIpc) is 2.46. The molecule has 1 aliphatic heterocycles. The van der Waals surface area contributed by atoms with Gasteiger partial charge in [0, 0.05) is 25.7 Å². The van der Waals surface area contributed by atoms with Crippen molar-refractivity contribution in [3.8, 4) is 0 Å². The first kappa shape index (κ1) is 16.1. The number of amides is 2. The molecule has 1 saturated heterocycles. The fraction of sp³-hybridized carbons (Fsp3) is 0.875. The summed E-state index contributed by atoms with van der Waals surface area (Å²) in [5, 5.41) is 8.84. The van der Waals surface area contributed by atoms with Crippen molar-refractivity contribution in [1.82, 2.24) is 9.80 Å². The summed E-state index contributed by atoms with van der Waals surface area (Å²) in [6.07, 6.45) is 6.32. The number of fused-ring (bicyclic) bond motifs is 1. The molecule has 0 radical (unpaired) electrons. The predicted octanol–water partition coefficient (Wildman–Crippen LogP) is 2.80. The zero-order valence-electron chi connectivity index (χ0n) is 13.3. The Morgan fingerprint density at radius 3 is 2.48 bits per heavy atom. The van der Waals surface area contributed by atoms with Gasteiger partial charge in [0.05, 0.1) is 6.42 Å². The minimum atomic E-state index is -0.848. The van der Waals surface area contributed by atoms with Crippen molar-refractivity contribution in [1.29, 1.82) is 0 Å². The Kier molecular flexibility index (Phi) is 5.48. The summed E-state index contributed by atoms with van der Waals surface area (Å²) in [6.45, 7) is 5.90. The molecule has 0 aromatic heterocycles. The summed E-state index contributed by atoms with van der Waals surface area (Å²) in [6, 6.07) is 0.0659. The van der Waals surface area contributed by atoms with Gasteiger partial charge in [-0.15, -0.1) is 0 Å². The molecule has 5 heteroatoms. The quantitative estimate of drug-likeness (QED) is 0.867. The summed E-state index contributed by atoms with van der Waals surface area (Å²) < 4.78 is 0. The molecule has 1 saturated carbocycles. The Hall–Kier alpha value is -1.26. The smallest absolute Gasteiger partial charge is 0.320 e. The van der Waals surface area contributed by atoms with Gasteiger partial charge in [0.25, 0.3) is 0 Å². The van der Waals surface area contributed by atoms with Crippen LogP contribution in [0.4, 0.5) is 4.79 Å². The molecular formula is C16H28N2O3. The van der Waals surface area contributed by atoms with E-state index in [2.05, 4.69) is 0 Å². The van der Waals surface area contributed by atoms with Crippen molar-refractivity contribution in [3.05, 3.63) is 0 Å². The van der Waals surface area contributed by atoms with Crippen LogP contribution in [-0.2, 0) is 4.79 Å². The summed E-state index contributed by atoms with van der Waals surface area (Å²) in [7, 11) is 0. The first-order chi connectivity index (χ1) is 9.99. The van der Waals surface area contributed by atoms with Crippen LogP contribution in [0.5, 0.6) is 0 Å². The molecule has 2 aliphatic rings. The number of aliphatic carboxylic acids is 1. The van der Waals surface area contributed by atoms with Gasteiger partial charge in [-0.2, -0.15) is 0 Å². The van der Waals surface area contributed by atoms with Gasteiger partial charge in [0.15, 0.2) is 0 Å². The highest BCUT2D eigenvalue weighted by Gasteiger charge is 2.34. The van der Waals surface area contributed by atoms with Gasteiger partial charge >= 0.3 is 12.0 Å². The summed E-state index contributed by atoms with van der Waals surface area (Å²) >= 11 is 0. The lowest BCUT2D eigenvalue weighted by atomic mass is 9.75. The van der Waals surface area contributed by atoms with Crippen LogP contribution in [-0.4, -0.2) is 52.6 Å². The lowest BCUT2D eigenvalue weighted by Gasteiger charge is -2.43. The number of rotatable bonds is 4. The fourth-order valence-corrected chi connectivity index (χ4v) is 3.75. The van der Waals surface area contributed by atoms with Gasteiger partial charge in [-0.3, -0.25) is 4.79 Å². The number of urea groups is 1. The number of likely N-dealkylation sites (tertiary alicyclic amines) is 1. The largest absolute Gasteiger partial charge is 0.481 e. The lowest BCUT2D eigenvalue weighted by molar-refractivity contribution is -0.137. The molecule has 2 fully saturated rings. The lowest BCUT2D eigenvalue weighted by Crippen LogP contribution is -2.52. The second kappa shape index (κ2) is 7.14. The summed E-state index contributed by atoms with van der Waals surface area (Å²) in [4.78, 5) is 27.1. The molecule has 1 heterocycles. The van der Waals surface area contributed by atoms with Crippen molar-refractivity contribution in [2.45, 2.75) is 58.4 Å². The highest BCUT2D eigenvalue weighted by molar-refractivity contribution is 5.76. The highest BCUT2D eigenvalue weighted by atomic mass is 16.4. The highest BCUT2D eigenvalue weighted by Crippen LogP contribution is 2.36. The normalized spacial score (nSPS) is 25.6. The molecule has 2 atom stereocenters. The Morgan fingerprint density at radius 2 is 1.86 bits per heavy atom. The van der Waals surface area contributed by atoms with Gasteiger partial charge in [-0.05, 0) is 38.5 Å². The van der Waals surface area contributed by atoms with Gasteiger partial charge in [0.1, 0.15) is 0 Å². The third-order valence-corrected chi connectivity index (χ3v) is 5.00. The van der Waals surface area contributed by atoms with Crippen molar-refractivity contribution < 1.29 is 14.7 Å². The Labute approximate surface area is 127 Å². The van der Waals surface area contributed by atoms with Crippen LogP contribution in [0.15, 0.2) is 0 Å². The maximum Gasteiger partial charge on any atom is 0.320 e. The maximum absolute atomic E-state index is 12.7.